The highest BCUT2D eigenvalue weighted by atomic mass is 79.9. The van der Waals surface area contributed by atoms with Crippen LogP contribution in [0.15, 0.2) is 40.9 Å². The molecule has 94 valence electrons. The summed E-state index contributed by atoms with van der Waals surface area (Å²) in [5.41, 5.74) is 9.60. The molecule has 2 aromatic carbocycles. The van der Waals surface area contributed by atoms with E-state index in [4.69, 9.17) is 10.5 Å². The zero-order valence-electron chi connectivity index (χ0n) is 10.3. The summed E-state index contributed by atoms with van der Waals surface area (Å²) in [6, 6.07) is 11.6. The highest BCUT2D eigenvalue weighted by Crippen LogP contribution is 2.29. The molecule has 3 nitrogen and oxygen atoms in total. The summed E-state index contributed by atoms with van der Waals surface area (Å²) in [6.07, 6.45) is 0. The Morgan fingerprint density at radius 1 is 1.22 bits per heavy atom. The number of hydrogen-bond acceptors (Lipinski definition) is 3. The smallest absolute Gasteiger partial charge is 0.122 e. The second kappa shape index (κ2) is 5.31. The van der Waals surface area contributed by atoms with Crippen LogP contribution in [0.4, 0.5) is 17.1 Å². The number of methoxy groups -OCH3 is 1. The van der Waals surface area contributed by atoms with Crippen molar-refractivity contribution in [3.63, 3.8) is 0 Å². The van der Waals surface area contributed by atoms with Crippen LogP contribution in [0.1, 0.15) is 5.56 Å². The van der Waals surface area contributed by atoms with Gasteiger partial charge in [-0.2, -0.15) is 0 Å². The van der Waals surface area contributed by atoms with E-state index in [0.29, 0.717) is 5.69 Å². The molecule has 0 aliphatic heterocycles. The van der Waals surface area contributed by atoms with Crippen molar-refractivity contribution in [2.45, 2.75) is 6.92 Å². The first-order valence-corrected chi connectivity index (χ1v) is 6.36. The molecule has 0 saturated carbocycles. The number of ether oxygens (including phenoxy) is 1. The fourth-order valence-electron chi connectivity index (χ4n) is 1.71. The maximum atomic E-state index is 5.83. The lowest BCUT2D eigenvalue weighted by molar-refractivity contribution is 0.415. The predicted octanol–water partition coefficient (Wildman–Crippen LogP) is 4.09. The summed E-state index contributed by atoms with van der Waals surface area (Å²) in [5.74, 6) is 0.741. The molecule has 3 N–H and O–H groups in total. The van der Waals surface area contributed by atoms with Gasteiger partial charge >= 0.3 is 0 Å². The first-order chi connectivity index (χ1) is 8.60. The molecule has 2 rings (SSSR count). The SMILES string of the molecule is COc1cc(N)cc(Nc2cccc(Br)c2C)c1. The van der Waals surface area contributed by atoms with Gasteiger partial charge in [-0.1, -0.05) is 22.0 Å². The Bertz CT molecular complexity index is 570. The van der Waals surface area contributed by atoms with Gasteiger partial charge in [0.05, 0.1) is 7.11 Å². The molecule has 0 spiro atoms. The molecule has 0 aliphatic carbocycles. The molecule has 0 aliphatic rings. The Morgan fingerprint density at radius 2 is 2.00 bits per heavy atom. The minimum Gasteiger partial charge on any atom is -0.497 e. The van der Waals surface area contributed by atoms with Gasteiger partial charge in [0.15, 0.2) is 0 Å². The molecule has 18 heavy (non-hydrogen) atoms. The van der Waals surface area contributed by atoms with Crippen molar-refractivity contribution < 1.29 is 4.74 Å². The Labute approximate surface area is 115 Å². The van der Waals surface area contributed by atoms with Gasteiger partial charge in [0.1, 0.15) is 5.75 Å². The van der Waals surface area contributed by atoms with Crippen LogP contribution in [-0.4, -0.2) is 7.11 Å². The van der Waals surface area contributed by atoms with Crippen LogP contribution in [0.2, 0.25) is 0 Å². The van der Waals surface area contributed by atoms with Gasteiger partial charge in [-0.05, 0) is 30.7 Å². The van der Waals surface area contributed by atoms with E-state index in [-0.39, 0.29) is 0 Å². The summed E-state index contributed by atoms with van der Waals surface area (Å²) in [4.78, 5) is 0. The minimum absolute atomic E-state index is 0.671. The van der Waals surface area contributed by atoms with E-state index >= 15 is 0 Å². The largest absolute Gasteiger partial charge is 0.497 e. The van der Waals surface area contributed by atoms with E-state index in [2.05, 4.69) is 28.2 Å². The molecule has 0 radical (unpaired) electrons. The van der Waals surface area contributed by atoms with Crippen molar-refractivity contribution in [1.82, 2.24) is 0 Å². The molecule has 0 saturated heterocycles. The molecular weight excluding hydrogens is 292 g/mol. The molecule has 0 atom stereocenters. The average Bonchev–Trinajstić information content (AvgIpc) is 2.34. The number of anilines is 3. The molecule has 2 aromatic rings. The van der Waals surface area contributed by atoms with Crippen LogP contribution in [0.5, 0.6) is 5.75 Å². The van der Waals surface area contributed by atoms with Crippen molar-refractivity contribution in [2.24, 2.45) is 0 Å². The van der Waals surface area contributed by atoms with Crippen LogP contribution in [0.25, 0.3) is 0 Å². The summed E-state index contributed by atoms with van der Waals surface area (Å²) in [5, 5.41) is 3.34. The van der Waals surface area contributed by atoms with Gasteiger partial charge in [0.25, 0.3) is 0 Å². The fourth-order valence-corrected chi connectivity index (χ4v) is 2.08. The number of benzene rings is 2. The number of nitrogen functional groups attached to an aromatic ring is 1. The maximum Gasteiger partial charge on any atom is 0.122 e. The van der Waals surface area contributed by atoms with E-state index < -0.39 is 0 Å². The Kier molecular flexibility index (Phi) is 3.77. The maximum absolute atomic E-state index is 5.83. The zero-order valence-corrected chi connectivity index (χ0v) is 11.9. The van der Waals surface area contributed by atoms with E-state index in [1.165, 1.54) is 0 Å². The van der Waals surface area contributed by atoms with E-state index in [0.717, 1.165) is 27.2 Å². The normalized spacial score (nSPS) is 10.2. The van der Waals surface area contributed by atoms with Crippen LogP contribution in [0, 0.1) is 6.92 Å². The van der Waals surface area contributed by atoms with Crippen LogP contribution < -0.4 is 15.8 Å². The lowest BCUT2D eigenvalue weighted by atomic mass is 10.2. The molecule has 0 fully saturated rings. The molecule has 0 unspecified atom stereocenters. The molecule has 0 heterocycles. The third-order valence-corrected chi connectivity index (χ3v) is 3.57. The molecule has 4 heteroatoms. The fraction of sp³-hybridized carbons (Fsp3) is 0.143. The second-order valence-corrected chi connectivity index (χ2v) is 4.89. The van der Waals surface area contributed by atoms with E-state index in [9.17, 15) is 0 Å². The van der Waals surface area contributed by atoms with Gasteiger partial charge in [-0.3, -0.25) is 0 Å². The number of nitrogens with two attached hydrogens (primary N) is 1. The van der Waals surface area contributed by atoms with Crippen molar-refractivity contribution in [3.05, 3.63) is 46.4 Å². The van der Waals surface area contributed by atoms with Gasteiger partial charge in [0.2, 0.25) is 0 Å². The second-order valence-electron chi connectivity index (χ2n) is 4.03. The van der Waals surface area contributed by atoms with Crippen molar-refractivity contribution in [2.75, 3.05) is 18.2 Å². The molecular formula is C14H15BrN2O. The average molecular weight is 307 g/mol. The lowest BCUT2D eigenvalue weighted by Gasteiger charge is -2.12. The number of nitrogens with one attached hydrogen (secondary N) is 1. The third kappa shape index (κ3) is 2.76. The summed E-state index contributed by atoms with van der Waals surface area (Å²) in [6.45, 7) is 2.05. The Morgan fingerprint density at radius 3 is 2.72 bits per heavy atom. The third-order valence-electron chi connectivity index (χ3n) is 2.71. The topological polar surface area (TPSA) is 47.3 Å². The quantitative estimate of drug-likeness (QED) is 0.840. The minimum atomic E-state index is 0.671. The molecule has 0 amide bonds. The zero-order chi connectivity index (χ0) is 13.1. The highest BCUT2D eigenvalue weighted by molar-refractivity contribution is 9.10. The predicted molar refractivity (Wildman–Crippen MR) is 79.6 cm³/mol. The van der Waals surface area contributed by atoms with E-state index in [1.54, 1.807) is 13.2 Å². The van der Waals surface area contributed by atoms with Crippen molar-refractivity contribution in [1.29, 1.82) is 0 Å². The number of rotatable bonds is 3. The van der Waals surface area contributed by atoms with Crippen LogP contribution >= 0.6 is 15.9 Å². The summed E-state index contributed by atoms with van der Waals surface area (Å²) >= 11 is 3.51. The van der Waals surface area contributed by atoms with Gasteiger partial charge in [-0.25, -0.2) is 0 Å². The van der Waals surface area contributed by atoms with Crippen molar-refractivity contribution in [3.8, 4) is 5.75 Å². The number of hydrogen-bond donors (Lipinski definition) is 2. The van der Waals surface area contributed by atoms with Crippen molar-refractivity contribution >= 4 is 33.0 Å². The molecule has 0 bridgehead atoms. The van der Waals surface area contributed by atoms with Crippen LogP contribution in [-0.2, 0) is 0 Å². The standard InChI is InChI=1S/C14H15BrN2O/c1-9-13(15)4-3-5-14(9)17-11-6-10(16)7-12(8-11)18-2/h3-8,17H,16H2,1-2H3. The highest BCUT2D eigenvalue weighted by Gasteiger charge is 2.04. The monoisotopic (exact) mass is 306 g/mol. The number of halogens is 1. The summed E-state index contributed by atoms with van der Waals surface area (Å²) < 4.78 is 6.27. The van der Waals surface area contributed by atoms with Gasteiger partial charge in [0, 0.05) is 33.7 Å². The Balaban J connectivity index is 2.34. The van der Waals surface area contributed by atoms with Gasteiger partial charge in [-0.15, -0.1) is 0 Å². The Hall–Kier alpha value is -1.68. The lowest BCUT2D eigenvalue weighted by Crippen LogP contribution is -1.96. The van der Waals surface area contributed by atoms with Gasteiger partial charge < -0.3 is 15.8 Å². The van der Waals surface area contributed by atoms with E-state index in [1.807, 2.05) is 30.3 Å². The first-order valence-electron chi connectivity index (χ1n) is 5.57. The first kappa shape index (κ1) is 12.8. The molecule has 0 aromatic heterocycles. The summed E-state index contributed by atoms with van der Waals surface area (Å²) in [7, 11) is 1.63. The van der Waals surface area contributed by atoms with Crippen LogP contribution in [0.3, 0.4) is 0 Å².